The maximum absolute atomic E-state index is 9.69. The summed E-state index contributed by atoms with van der Waals surface area (Å²) < 4.78 is 16.1. The van der Waals surface area contributed by atoms with Crippen LogP contribution in [-0.4, -0.2) is 26.4 Å². The van der Waals surface area contributed by atoms with E-state index in [0.717, 1.165) is 32.9 Å². The van der Waals surface area contributed by atoms with Crippen LogP contribution in [0, 0.1) is 0 Å². The molecule has 3 rings (SSSR count). The van der Waals surface area contributed by atoms with Crippen LogP contribution in [0.15, 0.2) is 36.4 Å². The van der Waals surface area contributed by atoms with Crippen molar-refractivity contribution in [2.24, 2.45) is 0 Å². The van der Waals surface area contributed by atoms with Crippen molar-refractivity contribution in [2.45, 2.75) is 6.61 Å². The molecule has 0 heterocycles. The number of aliphatic hydroxyl groups excluding tert-OH is 1. The van der Waals surface area contributed by atoms with Crippen LogP contribution in [-0.2, 0) is 6.61 Å². The molecular formula is C18H18O4. The molecule has 0 saturated carbocycles. The molecule has 114 valence electrons. The lowest BCUT2D eigenvalue weighted by molar-refractivity contribution is 0.283. The van der Waals surface area contributed by atoms with Gasteiger partial charge in [-0.25, -0.2) is 0 Å². The van der Waals surface area contributed by atoms with E-state index in [1.165, 1.54) is 0 Å². The second-order valence-corrected chi connectivity index (χ2v) is 5.03. The fourth-order valence-corrected chi connectivity index (χ4v) is 2.79. The van der Waals surface area contributed by atoms with E-state index in [2.05, 4.69) is 0 Å². The molecule has 4 nitrogen and oxygen atoms in total. The van der Waals surface area contributed by atoms with Gasteiger partial charge in [0, 0.05) is 0 Å². The molecule has 0 spiro atoms. The third-order valence-corrected chi connectivity index (χ3v) is 3.92. The summed E-state index contributed by atoms with van der Waals surface area (Å²) in [5.74, 6) is 2.10. The van der Waals surface area contributed by atoms with Crippen molar-refractivity contribution in [3.8, 4) is 17.2 Å². The maximum atomic E-state index is 9.69. The van der Waals surface area contributed by atoms with Gasteiger partial charge in [-0.2, -0.15) is 0 Å². The van der Waals surface area contributed by atoms with Crippen LogP contribution in [0.3, 0.4) is 0 Å². The minimum absolute atomic E-state index is 0.0338. The summed E-state index contributed by atoms with van der Waals surface area (Å²) in [6.07, 6.45) is 0. The van der Waals surface area contributed by atoms with E-state index in [1.807, 2.05) is 36.4 Å². The molecule has 1 N–H and O–H groups in total. The zero-order valence-corrected chi connectivity index (χ0v) is 12.8. The number of hydrogen-bond donors (Lipinski definition) is 1. The van der Waals surface area contributed by atoms with Gasteiger partial charge in [-0.3, -0.25) is 0 Å². The molecule has 0 atom stereocenters. The number of fused-ring (bicyclic) bond motifs is 3. The largest absolute Gasteiger partial charge is 0.497 e. The average Bonchev–Trinajstić information content (AvgIpc) is 2.59. The van der Waals surface area contributed by atoms with Gasteiger partial charge in [0.1, 0.15) is 5.75 Å². The second kappa shape index (κ2) is 5.73. The van der Waals surface area contributed by atoms with Gasteiger partial charge in [-0.05, 0) is 57.4 Å². The van der Waals surface area contributed by atoms with E-state index in [0.29, 0.717) is 11.5 Å². The molecule has 4 heteroatoms. The fraction of sp³-hybridized carbons (Fsp3) is 0.222. The van der Waals surface area contributed by atoms with Crippen LogP contribution in [0.2, 0.25) is 0 Å². The highest BCUT2D eigenvalue weighted by Gasteiger charge is 2.12. The standard InChI is InChI=1S/C18H18O4/c1-20-13-5-4-11-6-12(10-19)15-8-17(21-2)18(22-3)9-16(15)14(11)7-13/h4-9,19H,10H2,1-3H3. The Bertz CT molecular complexity index is 839. The number of methoxy groups -OCH3 is 3. The Balaban J connectivity index is 2.46. The summed E-state index contributed by atoms with van der Waals surface area (Å²) in [4.78, 5) is 0. The first-order valence-electron chi connectivity index (χ1n) is 6.98. The lowest BCUT2D eigenvalue weighted by Gasteiger charge is -2.14. The number of rotatable bonds is 4. The smallest absolute Gasteiger partial charge is 0.161 e. The minimum atomic E-state index is -0.0338. The molecule has 0 amide bonds. The molecular weight excluding hydrogens is 280 g/mol. The van der Waals surface area contributed by atoms with Gasteiger partial charge in [-0.1, -0.05) is 6.07 Å². The van der Waals surface area contributed by atoms with Crippen molar-refractivity contribution < 1.29 is 19.3 Å². The van der Waals surface area contributed by atoms with E-state index in [9.17, 15) is 5.11 Å². The molecule has 3 aromatic carbocycles. The van der Waals surface area contributed by atoms with Crippen LogP contribution >= 0.6 is 0 Å². The summed E-state index contributed by atoms with van der Waals surface area (Å²) >= 11 is 0. The Kier molecular flexibility index (Phi) is 3.77. The predicted octanol–water partition coefficient (Wildman–Crippen LogP) is 3.51. The minimum Gasteiger partial charge on any atom is -0.497 e. The summed E-state index contributed by atoms with van der Waals surface area (Å²) in [7, 11) is 4.86. The molecule has 0 aliphatic rings. The van der Waals surface area contributed by atoms with Crippen molar-refractivity contribution in [2.75, 3.05) is 21.3 Å². The van der Waals surface area contributed by atoms with Crippen LogP contribution in [0.5, 0.6) is 17.2 Å². The van der Waals surface area contributed by atoms with Crippen molar-refractivity contribution in [1.82, 2.24) is 0 Å². The van der Waals surface area contributed by atoms with E-state index in [4.69, 9.17) is 14.2 Å². The predicted molar refractivity (Wildman–Crippen MR) is 87.0 cm³/mol. The highest BCUT2D eigenvalue weighted by atomic mass is 16.5. The van der Waals surface area contributed by atoms with Crippen LogP contribution in [0.1, 0.15) is 5.56 Å². The van der Waals surface area contributed by atoms with Gasteiger partial charge >= 0.3 is 0 Å². The zero-order valence-electron chi connectivity index (χ0n) is 12.8. The first kappa shape index (κ1) is 14.5. The van der Waals surface area contributed by atoms with Crippen molar-refractivity contribution >= 4 is 21.5 Å². The Labute approximate surface area is 128 Å². The number of hydrogen-bond acceptors (Lipinski definition) is 4. The molecule has 0 radical (unpaired) electrons. The molecule has 0 aliphatic heterocycles. The van der Waals surface area contributed by atoms with Crippen LogP contribution < -0.4 is 14.2 Å². The molecule has 0 saturated heterocycles. The number of aliphatic hydroxyl groups is 1. The Morgan fingerprint density at radius 2 is 1.45 bits per heavy atom. The summed E-state index contributed by atoms with van der Waals surface area (Å²) in [5.41, 5.74) is 0.855. The zero-order chi connectivity index (χ0) is 15.7. The topological polar surface area (TPSA) is 47.9 Å². The first-order valence-corrected chi connectivity index (χ1v) is 6.98. The Morgan fingerprint density at radius 1 is 0.773 bits per heavy atom. The second-order valence-electron chi connectivity index (χ2n) is 5.03. The molecule has 0 bridgehead atoms. The van der Waals surface area contributed by atoms with Gasteiger partial charge in [0.15, 0.2) is 11.5 Å². The van der Waals surface area contributed by atoms with E-state index in [-0.39, 0.29) is 6.61 Å². The third-order valence-electron chi connectivity index (χ3n) is 3.92. The quantitative estimate of drug-likeness (QED) is 0.749. The molecule has 22 heavy (non-hydrogen) atoms. The van der Waals surface area contributed by atoms with Crippen LogP contribution in [0.25, 0.3) is 21.5 Å². The monoisotopic (exact) mass is 298 g/mol. The molecule has 0 fully saturated rings. The van der Waals surface area contributed by atoms with Crippen molar-refractivity contribution in [1.29, 1.82) is 0 Å². The molecule has 0 aliphatic carbocycles. The highest BCUT2D eigenvalue weighted by Crippen LogP contribution is 2.38. The summed E-state index contributed by atoms with van der Waals surface area (Å²) in [5, 5.41) is 13.7. The van der Waals surface area contributed by atoms with E-state index < -0.39 is 0 Å². The molecule has 0 aromatic heterocycles. The van der Waals surface area contributed by atoms with Crippen molar-refractivity contribution in [3.05, 3.63) is 42.0 Å². The van der Waals surface area contributed by atoms with Gasteiger partial charge in [0.05, 0.1) is 27.9 Å². The normalized spacial score (nSPS) is 10.9. The van der Waals surface area contributed by atoms with Crippen molar-refractivity contribution in [3.63, 3.8) is 0 Å². The maximum Gasteiger partial charge on any atom is 0.161 e. The van der Waals surface area contributed by atoms with Gasteiger partial charge in [-0.15, -0.1) is 0 Å². The Morgan fingerprint density at radius 3 is 2.05 bits per heavy atom. The third kappa shape index (κ3) is 2.22. The van der Waals surface area contributed by atoms with Gasteiger partial charge < -0.3 is 19.3 Å². The Hall–Kier alpha value is -2.46. The van der Waals surface area contributed by atoms with Gasteiger partial charge in [0.2, 0.25) is 0 Å². The number of ether oxygens (including phenoxy) is 3. The summed E-state index contributed by atoms with van der Waals surface area (Å²) in [6, 6.07) is 11.7. The SMILES string of the molecule is COc1ccc2cc(CO)c3cc(OC)c(OC)cc3c2c1. The summed E-state index contributed by atoms with van der Waals surface area (Å²) in [6.45, 7) is -0.0338. The molecule has 0 unspecified atom stereocenters. The highest BCUT2D eigenvalue weighted by molar-refractivity contribution is 6.10. The number of benzene rings is 3. The lowest BCUT2D eigenvalue weighted by Crippen LogP contribution is -1.94. The van der Waals surface area contributed by atoms with E-state index >= 15 is 0 Å². The lowest BCUT2D eigenvalue weighted by atomic mass is 9.96. The van der Waals surface area contributed by atoms with Crippen LogP contribution in [0.4, 0.5) is 0 Å². The average molecular weight is 298 g/mol. The molecule has 3 aromatic rings. The van der Waals surface area contributed by atoms with E-state index in [1.54, 1.807) is 21.3 Å². The first-order chi connectivity index (χ1) is 10.7. The van der Waals surface area contributed by atoms with Gasteiger partial charge in [0.25, 0.3) is 0 Å². The fourth-order valence-electron chi connectivity index (χ4n) is 2.79.